The molecule has 4 rings (SSSR count). The van der Waals surface area contributed by atoms with E-state index in [0.717, 1.165) is 12.0 Å². The van der Waals surface area contributed by atoms with Crippen molar-refractivity contribution in [1.82, 2.24) is 0 Å². The van der Waals surface area contributed by atoms with Gasteiger partial charge < -0.3 is 15.2 Å². The van der Waals surface area contributed by atoms with E-state index in [-0.39, 0.29) is 22.8 Å². The molecule has 2 N–H and O–H groups in total. The first-order valence-electron chi connectivity index (χ1n) is 11.4. The number of benzene rings is 3. The number of ketones is 1. The number of amides is 2. The van der Waals surface area contributed by atoms with Gasteiger partial charge in [0.1, 0.15) is 11.5 Å². The molecule has 0 radical (unpaired) electrons. The smallest absolute Gasteiger partial charge is 0.300 e. The summed E-state index contributed by atoms with van der Waals surface area (Å²) >= 11 is 6.17. The zero-order valence-electron chi connectivity index (χ0n) is 20.0. The molecule has 184 valence electrons. The molecule has 0 bridgehead atoms. The highest BCUT2D eigenvalue weighted by Gasteiger charge is 2.47. The number of nitrogens with zero attached hydrogens (tertiary/aromatic N) is 1. The summed E-state index contributed by atoms with van der Waals surface area (Å²) in [5.74, 6) is -1.91. The van der Waals surface area contributed by atoms with Crippen LogP contribution in [0.4, 0.5) is 11.4 Å². The predicted molar refractivity (Wildman–Crippen MR) is 139 cm³/mol. The number of anilines is 2. The van der Waals surface area contributed by atoms with Crippen LogP contribution in [0.5, 0.6) is 5.75 Å². The van der Waals surface area contributed by atoms with E-state index in [2.05, 4.69) is 5.32 Å². The topological polar surface area (TPSA) is 95.9 Å². The van der Waals surface area contributed by atoms with E-state index < -0.39 is 17.7 Å². The highest BCUT2D eigenvalue weighted by molar-refractivity contribution is 6.51. The van der Waals surface area contributed by atoms with Crippen molar-refractivity contribution in [3.05, 3.63) is 94.0 Å². The Morgan fingerprint density at radius 3 is 2.31 bits per heavy atom. The minimum absolute atomic E-state index is 0.0734. The van der Waals surface area contributed by atoms with Crippen LogP contribution in [0.15, 0.2) is 72.3 Å². The second-order valence-electron chi connectivity index (χ2n) is 8.34. The van der Waals surface area contributed by atoms with Crippen LogP contribution in [0.1, 0.15) is 36.6 Å². The number of rotatable bonds is 6. The number of carbonyl (C=O) groups is 3. The second-order valence-corrected chi connectivity index (χ2v) is 8.77. The van der Waals surface area contributed by atoms with Crippen LogP contribution in [0.2, 0.25) is 5.02 Å². The Bertz CT molecular complexity index is 1360. The maximum Gasteiger partial charge on any atom is 0.300 e. The molecule has 7 nitrogen and oxygen atoms in total. The van der Waals surface area contributed by atoms with Gasteiger partial charge in [-0.2, -0.15) is 0 Å². The number of hydrogen-bond acceptors (Lipinski definition) is 5. The first-order chi connectivity index (χ1) is 17.2. The SMILES string of the molecule is CCc1ccc(C2/C(=C(\O)c3cc(Cl)ccc3OC)C(=O)C(=O)N2c2ccc(NC(C)=O)cc2)cc1. The Balaban J connectivity index is 1.91. The van der Waals surface area contributed by atoms with Crippen molar-refractivity contribution >= 4 is 46.3 Å². The summed E-state index contributed by atoms with van der Waals surface area (Å²) in [6.07, 6.45) is 0.824. The molecular weight excluding hydrogens is 480 g/mol. The Labute approximate surface area is 214 Å². The van der Waals surface area contributed by atoms with E-state index in [0.29, 0.717) is 27.7 Å². The Morgan fingerprint density at radius 1 is 1.06 bits per heavy atom. The molecule has 2 amide bonds. The van der Waals surface area contributed by atoms with Crippen LogP contribution >= 0.6 is 11.6 Å². The largest absolute Gasteiger partial charge is 0.507 e. The minimum atomic E-state index is -0.897. The van der Waals surface area contributed by atoms with Crippen molar-refractivity contribution in [1.29, 1.82) is 0 Å². The molecule has 0 aromatic heterocycles. The number of nitrogens with one attached hydrogen (secondary N) is 1. The maximum atomic E-state index is 13.4. The lowest BCUT2D eigenvalue weighted by Crippen LogP contribution is -2.29. The molecule has 0 aliphatic carbocycles. The zero-order valence-corrected chi connectivity index (χ0v) is 20.8. The summed E-state index contributed by atoms with van der Waals surface area (Å²) in [5, 5.41) is 14.4. The van der Waals surface area contributed by atoms with Crippen molar-refractivity contribution in [2.75, 3.05) is 17.3 Å². The number of hydrogen-bond donors (Lipinski definition) is 2. The summed E-state index contributed by atoms with van der Waals surface area (Å²) in [4.78, 5) is 39.5. The van der Waals surface area contributed by atoms with Gasteiger partial charge in [0, 0.05) is 23.3 Å². The molecule has 1 saturated heterocycles. The lowest BCUT2D eigenvalue weighted by atomic mass is 9.94. The zero-order chi connectivity index (χ0) is 26.0. The Kier molecular flexibility index (Phi) is 7.12. The summed E-state index contributed by atoms with van der Waals surface area (Å²) in [6, 6.07) is 17.9. The second kappa shape index (κ2) is 10.3. The number of aliphatic hydroxyl groups excluding tert-OH is 1. The van der Waals surface area contributed by atoms with E-state index in [1.807, 2.05) is 31.2 Å². The van der Waals surface area contributed by atoms with Crippen LogP contribution in [0.25, 0.3) is 5.76 Å². The average molecular weight is 505 g/mol. The molecule has 1 fully saturated rings. The van der Waals surface area contributed by atoms with E-state index >= 15 is 0 Å². The summed E-state index contributed by atoms with van der Waals surface area (Å²) in [6.45, 7) is 3.43. The van der Waals surface area contributed by atoms with Gasteiger partial charge in [0.15, 0.2) is 0 Å². The molecule has 0 spiro atoms. The molecule has 36 heavy (non-hydrogen) atoms. The van der Waals surface area contributed by atoms with Gasteiger partial charge in [0.25, 0.3) is 11.7 Å². The standard InChI is InChI=1S/C28H25ClN2O5/c1-4-17-5-7-18(8-6-17)25-24(26(33)22-15-19(29)9-14-23(22)36-3)27(34)28(35)31(25)21-12-10-20(11-13-21)30-16(2)32/h5-15,25,33H,4H2,1-3H3,(H,30,32)/b26-24+. The number of carbonyl (C=O) groups excluding carboxylic acids is 3. The quantitative estimate of drug-likeness (QED) is 0.263. The number of halogens is 1. The molecule has 0 saturated carbocycles. The van der Waals surface area contributed by atoms with Crippen molar-refractivity contribution in [3.63, 3.8) is 0 Å². The first kappa shape index (κ1) is 25.0. The molecule has 1 heterocycles. The van der Waals surface area contributed by atoms with Crippen LogP contribution in [-0.4, -0.2) is 29.8 Å². The highest BCUT2D eigenvalue weighted by atomic mass is 35.5. The van der Waals surface area contributed by atoms with E-state index in [1.165, 1.54) is 25.0 Å². The summed E-state index contributed by atoms with van der Waals surface area (Å²) < 4.78 is 5.37. The third-order valence-corrected chi connectivity index (χ3v) is 6.27. The fourth-order valence-corrected chi connectivity index (χ4v) is 4.44. The molecule has 3 aromatic rings. The van der Waals surface area contributed by atoms with Gasteiger partial charge in [-0.1, -0.05) is 42.8 Å². The number of methoxy groups -OCH3 is 1. The molecule has 1 aliphatic rings. The summed E-state index contributed by atoms with van der Waals surface area (Å²) in [5.41, 5.74) is 2.87. The third-order valence-electron chi connectivity index (χ3n) is 6.03. The number of ether oxygens (including phenoxy) is 1. The molecular formula is C28H25ClN2O5. The lowest BCUT2D eigenvalue weighted by molar-refractivity contribution is -0.132. The Hall–Kier alpha value is -4.10. The molecule has 1 atom stereocenters. The van der Waals surface area contributed by atoms with Gasteiger partial charge in [-0.25, -0.2) is 0 Å². The number of aryl methyl sites for hydroxylation is 1. The molecule has 8 heteroatoms. The predicted octanol–water partition coefficient (Wildman–Crippen LogP) is 5.50. The third kappa shape index (κ3) is 4.70. The van der Waals surface area contributed by atoms with Gasteiger partial charge in [-0.05, 0) is 60.0 Å². The van der Waals surface area contributed by atoms with Crippen molar-refractivity contribution < 1.29 is 24.2 Å². The van der Waals surface area contributed by atoms with Gasteiger partial charge >= 0.3 is 0 Å². The molecule has 1 unspecified atom stereocenters. The van der Waals surface area contributed by atoms with Crippen LogP contribution in [0.3, 0.4) is 0 Å². The van der Waals surface area contributed by atoms with Gasteiger partial charge in [0.2, 0.25) is 5.91 Å². The maximum absolute atomic E-state index is 13.4. The van der Waals surface area contributed by atoms with Gasteiger partial charge in [-0.15, -0.1) is 0 Å². The number of aliphatic hydroxyl groups is 1. The number of Topliss-reactive ketones (excluding diaryl/α,β-unsaturated/α-hetero) is 1. The van der Waals surface area contributed by atoms with E-state index in [9.17, 15) is 19.5 Å². The van der Waals surface area contributed by atoms with Gasteiger partial charge in [-0.3, -0.25) is 19.3 Å². The minimum Gasteiger partial charge on any atom is -0.507 e. The fourth-order valence-electron chi connectivity index (χ4n) is 4.27. The fraction of sp³-hybridized carbons (Fsp3) is 0.179. The average Bonchev–Trinajstić information content (AvgIpc) is 3.14. The molecule has 1 aliphatic heterocycles. The van der Waals surface area contributed by atoms with Gasteiger partial charge in [0.05, 0.1) is 24.3 Å². The first-order valence-corrected chi connectivity index (χ1v) is 11.7. The van der Waals surface area contributed by atoms with E-state index in [1.54, 1.807) is 36.4 Å². The van der Waals surface area contributed by atoms with E-state index in [4.69, 9.17) is 16.3 Å². The highest BCUT2D eigenvalue weighted by Crippen LogP contribution is 2.43. The Morgan fingerprint density at radius 2 is 1.72 bits per heavy atom. The van der Waals surface area contributed by atoms with Crippen molar-refractivity contribution in [2.24, 2.45) is 0 Å². The van der Waals surface area contributed by atoms with Crippen LogP contribution in [-0.2, 0) is 20.8 Å². The summed E-state index contributed by atoms with van der Waals surface area (Å²) in [7, 11) is 1.44. The van der Waals surface area contributed by atoms with Crippen molar-refractivity contribution in [3.8, 4) is 5.75 Å². The molecule has 3 aromatic carbocycles. The normalized spacial score (nSPS) is 16.8. The monoisotopic (exact) mass is 504 g/mol. The lowest BCUT2D eigenvalue weighted by Gasteiger charge is -2.26. The van der Waals surface area contributed by atoms with Crippen LogP contribution in [0, 0.1) is 0 Å². The van der Waals surface area contributed by atoms with Crippen molar-refractivity contribution in [2.45, 2.75) is 26.3 Å². The van der Waals surface area contributed by atoms with Crippen LogP contribution < -0.4 is 15.0 Å².